The van der Waals surface area contributed by atoms with Crippen LogP contribution in [0, 0.1) is 6.92 Å². The van der Waals surface area contributed by atoms with Crippen molar-refractivity contribution in [2.45, 2.75) is 53.1 Å². The van der Waals surface area contributed by atoms with Gasteiger partial charge >= 0.3 is 5.97 Å². The van der Waals surface area contributed by atoms with Gasteiger partial charge in [-0.3, -0.25) is 9.59 Å². The van der Waals surface area contributed by atoms with Crippen LogP contribution in [0.3, 0.4) is 0 Å². The molecule has 1 aromatic carbocycles. The van der Waals surface area contributed by atoms with E-state index in [2.05, 4.69) is 19.2 Å². The van der Waals surface area contributed by atoms with Crippen LogP contribution in [0.25, 0.3) is 0 Å². The van der Waals surface area contributed by atoms with Crippen LogP contribution in [0.4, 0.5) is 5.00 Å². The molecule has 9 heteroatoms. The Bertz CT molecular complexity index is 1240. The highest BCUT2D eigenvalue weighted by Crippen LogP contribution is 2.35. The lowest BCUT2D eigenvalue weighted by Gasteiger charge is -2.10. The van der Waals surface area contributed by atoms with E-state index in [9.17, 15) is 14.4 Å². The molecule has 0 spiro atoms. The number of rotatable bonds is 11. The number of carbonyl (C=O) groups excluding carboxylic acids is 3. The highest BCUT2D eigenvalue weighted by atomic mass is 32.1. The van der Waals surface area contributed by atoms with Gasteiger partial charge in [-0.15, -0.1) is 11.3 Å². The number of furan rings is 1. The minimum absolute atomic E-state index is 0.0603. The number of nitrogens with one attached hydrogen (secondary N) is 1. The highest BCUT2D eigenvalue weighted by Gasteiger charge is 2.28. The van der Waals surface area contributed by atoms with Gasteiger partial charge < -0.3 is 24.1 Å². The van der Waals surface area contributed by atoms with E-state index < -0.39 is 11.9 Å². The highest BCUT2D eigenvalue weighted by molar-refractivity contribution is 7.18. The minimum Gasteiger partial charge on any atom is -0.486 e. The van der Waals surface area contributed by atoms with Crippen molar-refractivity contribution in [3.8, 4) is 5.75 Å². The third-order valence-electron chi connectivity index (χ3n) is 5.94. The van der Waals surface area contributed by atoms with Crippen molar-refractivity contribution in [2.75, 3.05) is 26.0 Å². The Labute approximate surface area is 221 Å². The molecule has 0 radical (unpaired) electrons. The molecule has 1 unspecified atom stereocenters. The number of anilines is 1. The molecule has 0 aliphatic carbocycles. The van der Waals surface area contributed by atoms with Gasteiger partial charge in [0.15, 0.2) is 5.76 Å². The summed E-state index contributed by atoms with van der Waals surface area (Å²) >= 11 is 1.04. The maximum atomic E-state index is 13.0. The third kappa shape index (κ3) is 6.80. The second-order valence-corrected chi connectivity index (χ2v) is 10.0. The first kappa shape index (κ1) is 28.0. The Morgan fingerprint density at radius 2 is 1.78 bits per heavy atom. The van der Waals surface area contributed by atoms with Crippen LogP contribution in [-0.2, 0) is 11.3 Å². The SMILES string of the molecule is CCCOC(=O)c1c(NC(=O)c2ccc(COc3ccc(C(C)CC)cc3)o2)sc(C(=O)N(C)C)c1C. The fourth-order valence-electron chi connectivity index (χ4n) is 3.55. The number of hydrogen-bond donors (Lipinski definition) is 1. The van der Waals surface area contributed by atoms with Crippen LogP contribution in [-0.4, -0.2) is 43.4 Å². The summed E-state index contributed by atoms with van der Waals surface area (Å²) in [6.07, 6.45) is 1.72. The van der Waals surface area contributed by atoms with E-state index in [4.69, 9.17) is 13.9 Å². The first-order valence-electron chi connectivity index (χ1n) is 12.3. The predicted molar refractivity (Wildman–Crippen MR) is 144 cm³/mol. The largest absolute Gasteiger partial charge is 0.486 e. The molecular formula is C28H34N2O6S. The zero-order valence-corrected chi connectivity index (χ0v) is 23.0. The van der Waals surface area contributed by atoms with E-state index >= 15 is 0 Å². The Balaban J connectivity index is 1.73. The average molecular weight is 527 g/mol. The van der Waals surface area contributed by atoms with Gasteiger partial charge in [0.2, 0.25) is 0 Å². The number of ether oxygens (including phenoxy) is 2. The van der Waals surface area contributed by atoms with Crippen LogP contribution in [0.5, 0.6) is 5.75 Å². The second kappa shape index (κ2) is 12.6. The first-order chi connectivity index (χ1) is 17.7. The van der Waals surface area contributed by atoms with Gasteiger partial charge in [0.1, 0.15) is 23.1 Å². The van der Waals surface area contributed by atoms with E-state index in [1.165, 1.54) is 10.5 Å². The van der Waals surface area contributed by atoms with Crippen molar-refractivity contribution in [1.82, 2.24) is 4.90 Å². The number of carbonyl (C=O) groups is 3. The van der Waals surface area contributed by atoms with Crippen molar-refractivity contribution in [3.05, 3.63) is 69.5 Å². The lowest BCUT2D eigenvalue weighted by Crippen LogP contribution is -2.21. The molecule has 1 atom stereocenters. The van der Waals surface area contributed by atoms with Gasteiger partial charge in [-0.1, -0.05) is 32.9 Å². The summed E-state index contributed by atoms with van der Waals surface area (Å²) in [6.45, 7) is 8.28. The molecule has 1 N–H and O–H groups in total. The smallest absolute Gasteiger partial charge is 0.341 e. The molecule has 2 heterocycles. The zero-order chi connectivity index (χ0) is 27.1. The van der Waals surface area contributed by atoms with E-state index in [1.54, 1.807) is 33.2 Å². The van der Waals surface area contributed by atoms with E-state index in [-0.39, 0.29) is 35.4 Å². The molecule has 0 bridgehead atoms. The standard InChI is InChI=1S/C28H34N2O6S/c1-7-15-34-28(33)23-18(4)24(27(32)30(5)6)37-26(23)29-25(31)22-14-13-21(36-22)16-35-20-11-9-19(10-12-20)17(3)8-2/h9-14,17H,7-8,15-16H2,1-6H3,(H,29,31). The number of benzene rings is 1. The number of amides is 2. The maximum absolute atomic E-state index is 13.0. The van der Waals surface area contributed by atoms with E-state index in [1.807, 2.05) is 31.2 Å². The normalized spacial score (nSPS) is 11.6. The Kier molecular flexibility index (Phi) is 9.52. The van der Waals surface area contributed by atoms with Crippen LogP contribution >= 0.6 is 11.3 Å². The van der Waals surface area contributed by atoms with Gasteiger partial charge in [0.25, 0.3) is 11.8 Å². The fourth-order valence-corrected chi connectivity index (χ4v) is 4.76. The monoisotopic (exact) mass is 526 g/mol. The van der Waals surface area contributed by atoms with Crippen LogP contribution in [0.2, 0.25) is 0 Å². The van der Waals surface area contributed by atoms with Gasteiger partial charge in [-0.2, -0.15) is 0 Å². The molecule has 0 aliphatic heterocycles. The third-order valence-corrected chi connectivity index (χ3v) is 7.14. The van der Waals surface area contributed by atoms with Gasteiger partial charge in [-0.25, -0.2) is 4.79 Å². The van der Waals surface area contributed by atoms with Crippen molar-refractivity contribution in [1.29, 1.82) is 0 Å². The molecule has 0 fully saturated rings. The summed E-state index contributed by atoms with van der Waals surface area (Å²) in [5, 5.41) is 2.96. The Morgan fingerprint density at radius 1 is 1.08 bits per heavy atom. The Morgan fingerprint density at radius 3 is 2.41 bits per heavy atom. The molecule has 2 amide bonds. The summed E-state index contributed by atoms with van der Waals surface area (Å²) in [5.41, 5.74) is 1.89. The zero-order valence-electron chi connectivity index (χ0n) is 22.2. The fraction of sp³-hybridized carbons (Fsp3) is 0.393. The molecule has 3 aromatic rings. The van der Waals surface area contributed by atoms with Crippen LogP contribution in [0.15, 0.2) is 40.8 Å². The molecular weight excluding hydrogens is 492 g/mol. The molecule has 37 heavy (non-hydrogen) atoms. The second-order valence-electron chi connectivity index (χ2n) is 8.98. The maximum Gasteiger partial charge on any atom is 0.341 e. The minimum atomic E-state index is -0.586. The quantitative estimate of drug-likeness (QED) is 0.296. The lowest BCUT2D eigenvalue weighted by molar-refractivity contribution is 0.0506. The topological polar surface area (TPSA) is 98.1 Å². The molecule has 0 aliphatic rings. The van der Waals surface area contributed by atoms with Crippen LogP contribution in [0.1, 0.15) is 87.0 Å². The Hall–Kier alpha value is -3.59. The number of thiophene rings is 1. The predicted octanol–water partition coefficient (Wildman–Crippen LogP) is 6.26. The number of hydrogen-bond acceptors (Lipinski definition) is 7. The molecule has 8 nitrogen and oxygen atoms in total. The molecule has 198 valence electrons. The van der Waals surface area contributed by atoms with Crippen molar-refractivity contribution < 1.29 is 28.3 Å². The molecule has 0 saturated heterocycles. The van der Waals surface area contributed by atoms with Gasteiger partial charge in [0, 0.05) is 14.1 Å². The first-order valence-corrected chi connectivity index (χ1v) is 13.1. The molecule has 3 rings (SSSR count). The van der Waals surface area contributed by atoms with Crippen molar-refractivity contribution in [3.63, 3.8) is 0 Å². The van der Waals surface area contributed by atoms with Gasteiger partial charge in [-0.05, 0) is 61.1 Å². The van der Waals surface area contributed by atoms with Gasteiger partial charge in [0.05, 0.1) is 17.0 Å². The van der Waals surface area contributed by atoms with Crippen molar-refractivity contribution >= 4 is 34.1 Å². The summed E-state index contributed by atoms with van der Waals surface area (Å²) < 4.78 is 16.8. The summed E-state index contributed by atoms with van der Waals surface area (Å²) in [5.74, 6) is 0.336. The average Bonchev–Trinajstić information content (AvgIpc) is 3.49. The lowest BCUT2D eigenvalue weighted by atomic mass is 9.99. The van der Waals surface area contributed by atoms with E-state index in [0.29, 0.717) is 34.3 Å². The summed E-state index contributed by atoms with van der Waals surface area (Å²) in [7, 11) is 3.25. The number of nitrogens with zero attached hydrogens (tertiary/aromatic N) is 1. The number of esters is 1. The van der Waals surface area contributed by atoms with E-state index in [0.717, 1.165) is 17.8 Å². The van der Waals surface area contributed by atoms with Crippen molar-refractivity contribution in [2.24, 2.45) is 0 Å². The molecule has 0 saturated carbocycles. The summed E-state index contributed by atoms with van der Waals surface area (Å²) in [4.78, 5) is 40.1. The summed E-state index contributed by atoms with van der Waals surface area (Å²) in [6, 6.07) is 11.1. The van der Waals surface area contributed by atoms with Crippen LogP contribution < -0.4 is 10.1 Å². The molecule has 2 aromatic heterocycles.